The molecule has 0 unspecified atom stereocenters. The average Bonchev–Trinajstić information content (AvgIpc) is 3.35. The van der Waals surface area contributed by atoms with Gasteiger partial charge in [0, 0.05) is 28.5 Å². The van der Waals surface area contributed by atoms with E-state index in [0.29, 0.717) is 13.1 Å². The van der Waals surface area contributed by atoms with Gasteiger partial charge in [-0.2, -0.15) is 0 Å². The number of rotatable bonds is 5. The Bertz CT molecular complexity index is 916. The van der Waals surface area contributed by atoms with Gasteiger partial charge in [0.15, 0.2) is 0 Å². The highest BCUT2D eigenvalue weighted by molar-refractivity contribution is 7.10. The van der Waals surface area contributed by atoms with Gasteiger partial charge in [0.1, 0.15) is 0 Å². The van der Waals surface area contributed by atoms with E-state index in [2.05, 4.69) is 46.8 Å². The highest BCUT2D eigenvalue weighted by Gasteiger charge is 2.32. The molecule has 3 heterocycles. The van der Waals surface area contributed by atoms with Crippen molar-refractivity contribution in [3.8, 4) is 0 Å². The Morgan fingerprint density at radius 2 is 2.00 bits per heavy atom. The predicted octanol–water partition coefficient (Wildman–Crippen LogP) is 5.12. The Labute approximate surface area is 168 Å². The molecular formula is C22H24N2OS2. The monoisotopic (exact) mass is 396 g/mol. The van der Waals surface area contributed by atoms with Crippen LogP contribution in [0.2, 0.25) is 0 Å². The van der Waals surface area contributed by atoms with Gasteiger partial charge in [0.2, 0.25) is 5.91 Å². The maximum Gasteiger partial charge on any atom is 0.241 e. The van der Waals surface area contributed by atoms with Crippen LogP contribution in [-0.4, -0.2) is 30.4 Å². The predicted molar refractivity (Wildman–Crippen MR) is 115 cm³/mol. The fourth-order valence-corrected chi connectivity index (χ4v) is 5.71. The summed E-state index contributed by atoms with van der Waals surface area (Å²) in [5.74, 6) is 0.173. The van der Waals surface area contributed by atoms with Gasteiger partial charge in [-0.1, -0.05) is 24.3 Å². The molecule has 140 valence electrons. The largest absolute Gasteiger partial charge is 0.311 e. The minimum absolute atomic E-state index is 0.173. The lowest BCUT2D eigenvalue weighted by Crippen LogP contribution is -2.44. The Morgan fingerprint density at radius 3 is 2.74 bits per heavy atom. The molecule has 0 spiro atoms. The smallest absolute Gasteiger partial charge is 0.241 e. The molecule has 3 nitrogen and oxygen atoms in total. The number of likely N-dealkylation sites (N-methyl/N-ethyl adjacent to an activating group) is 1. The first kappa shape index (κ1) is 18.4. The fraction of sp³-hybridized carbons (Fsp3) is 0.318. The number of carbonyl (C=O) groups is 1. The first-order valence-corrected chi connectivity index (χ1v) is 11.1. The van der Waals surface area contributed by atoms with Crippen molar-refractivity contribution >= 4 is 34.3 Å². The summed E-state index contributed by atoms with van der Waals surface area (Å²) in [5.41, 5.74) is 3.53. The molecule has 1 aliphatic heterocycles. The molecule has 27 heavy (non-hydrogen) atoms. The Balaban J connectivity index is 1.61. The minimum atomic E-state index is 0.173. The number of aryl methyl sites for hydroxylation is 1. The molecular weight excluding hydrogens is 372 g/mol. The van der Waals surface area contributed by atoms with Crippen LogP contribution >= 0.6 is 22.7 Å². The Kier molecular flexibility index (Phi) is 5.43. The zero-order chi connectivity index (χ0) is 18.8. The zero-order valence-electron chi connectivity index (χ0n) is 15.7. The number of nitrogens with zero attached hydrogens (tertiary/aromatic N) is 2. The van der Waals surface area contributed by atoms with Gasteiger partial charge in [-0.15, -0.1) is 22.7 Å². The van der Waals surface area contributed by atoms with Gasteiger partial charge in [-0.05, 0) is 60.4 Å². The van der Waals surface area contributed by atoms with Crippen LogP contribution in [0.5, 0.6) is 0 Å². The number of hydrogen-bond acceptors (Lipinski definition) is 4. The van der Waals surface area contributed by atoms with Gasteiger partial charge < -0.3 is 4.90 Å². The van der Waals surface area contributed by atoms with Crippen molar-refractivity contribution < 1.29 is 4.79 Å². The summed E-state index contributed by atoms with van der Waals surface area (Å²) in [6.07, 6.45) is 1.03. The number of fused-ring (bicyclic) bond motifs is 1. The van der Waals surface area contributed by atoms with Crippen molar-refractivity contribution in [2.45, 2.75) is 26.3 Å². The molecule has 0 bridgehead atoms. The second-order valence-corrected chi connectivity index (χ2v) is 8.84. The maximum absolute atomic E-state index is 13.3. The second kappa shape index (κ2) is 7.97. The van der Waals surface area contributed by atoms with Gasteiger partial charge in [-0.3, -0.25) is 9.69 Å². The lowest BCUT2D eigenvalue weighted by Gasteiger charge is -2.36. The molecule has 0 aliphatic carbocycles. The van der Waals surface area contributed by atoms with Crippen LogP contribution < -0.4 is 4.90 Å². The molecule has 0 saturated heterocycles. The molecule has 3 aromatic rings. The van der Waals surface area contributed by atoms with Crippen molar-refractivity contribution in [3.05, 3.63) is 74.1 Å². The Hall–Kier alpha value is -1.95. The topological polar surface area (TPSA) is 23.6 Å². The van der Waals surface area contributed by atoms with Crippen molar-refractivity contribution in [1.29, 1.82) is 0 Å². The molecule has 1 aromatic carbocycles. The third kappa shape index (κ3) is 3.59. The van der Waals surface area contributed by atoms with Gasteiger partial charge in [0.25, 0.3) is 0 Å². The van der Waals surface area contributed by atoms with Crippen molar-refractivity contribution in [2.75, 3.05) is 24.5 Å². The van der Waals surface area contributed by atoms with E-state index >= 15 is 0 Å². The molecule has 0 saturated carbocycles. The van der Waals surface area contributed by atoms with Crippen molar-refractivity contribution in [1.82, 2.24) is 4.90 Å². The summed E-state index contributed by atoms with van der Waals surface area (Å²) >= 11 is 3.62. The van der Waals surface area contributed by atoms with E-state index in [0.717, 1.165) is 24.2 Å². The summed E-state index contributed by atoms with van der Waals surface area (Å²) in [6, 6.07) is 14.9. The van der Waals surface area contributed by atoms with Crippen LogP contribution in [0.25, 0.3) is 0 Å². The number of anilines is 1. The fourth-order valence-electron chi connectivity index (χ4n) is 3.93. The highest BCUT2D eigenvalue weighted by atomic mass is 32.1. The van der Waals surface area contributed by atoms with Gasteiger partial charge >= 0.3 is 0 Å². The van der Waals surface area contributed by atoms with Crippen LogP contribution in [-0.2, 0) is 11.2 Å². The van der Waals surface area contributed by atoms with E-state index in [4.69, 9.17) is 0 Å². The maximum atomic E-state index is 13.3. The molecule has 1 aliphatic rings. The summed E-state index contributed by atoms with van der Waals surface area (Å²) in [4.78, 5) is 20.3. The lowest BCUT2D eigenvalue weighted by atomic mass is 9.98. The number of thiophene rings is 2. The average molecular weight is 397 g/mol. The van der Waals surface area contributed by atoms with Gasteiger partial charge in [-0.25, -0.2) is 0 Å². The molecule has 5 heteroatoms. The number of amides is 1. The number of hydrogen-bond donors (Lipinski definition) is 0. The standard InChI is InChI=1S/C22H24N2OS2/c1-3-24(18-8-5-4-7-16(18)2)21(25)15-23-12-10-19-17(11-14-27-19)22(23)20-9-6-13-26-20/h4-9,11,13-14,22H,3,10,12,15H2,1-2H3/t22-/m0/s1. The molecule has 0 fully saturated rings. The van der Waals surface area contributed by atoms with E-state index in [-0.39, 0.29) is 11.9 Å². The third-order valence-corrected chi connectivity index (χ3v) is 7.16. The van der Waals surface area contributed by atoms with Crippen LogP contribution in [0.3, 0.4) is 0 Å². The molecule has 4 rings (SSSR count). The van der Waals surface area contributed by atoms with Gasteiger partial charge in [0.05, 0.1) is 12.6 Å². The van der Waals surface area contributed by atoms with E-state index in [1.807, 2.05) is 41.4 Å². The van der Waals surface area contributed by atoms with Crippen molar-refractivity contribution in [2.24, 2.45) is 0 Å². The van der Waals surface area contributed by atoms with E-state index in [1.54, 1.807) is 11.3 Å². The second-order valence-electron chi connectivity index (χ2n) is 6.86. The normalized spacial score (nSPS) is 16.9. The molecule has 0 N–H and O–H groups in total. The molecule has 1 amide bonds. The summed E-state index contributed by atoms with van der Waals surface area (Å²) in [6.45, 7) is 6.17. The van der Waals surface area contributed by atoms with Crippen molar-refractivity contribution in [3.63, 3.8) is 0 Å². The van der Waals surface area contributed by atoms with Crippen LogP contribution in [0.15, 0.2) is 53.2 Å². The SMILES string of the molecule is CCN(C(=O)CN1CCc2sccc2[C@H]1c1cccs1)c1ccccc1C. The summed E-state index contributed by atoms with van der Waals surface area (Å²) in [5, 5.41) is 4.31. The van der Waals surface area contributed by atoms with E-state index in [1.165, 1.54) is 15.3 Å². The molecule has 1 atom stereocenters. The number of benzene rings is 1. The van der Waals surface area contributed by atoms with E-state index < -0.39 is 0 Å². The van der Waals surface area contributed by atoms with E-state index in [9.17, 15) is 4.79 Å². The zero-order valence-corrected chi connectivity index (χ0v) is 17.4. The van der Waals surface area contributed by atoms with Crippen LogP contribution in [0.4, 0.5) is 5.69 Å². The highest BCUT2D eigenvalue weighted by Crippen LogP contribution is 2.39. The first-order chi connectivity index (χ1) is 13.2. The van der Waals surface area contributed by atoms with Crippen LogP contribution in [0, 0.1) is 6.92 Å². The molecule has 0 radical (unpaired) electrons. The molecule has 2 aromatic heterocycles. The quantitative estimate of drug-likeness (QED) is 0.598. The number of para-hydroxylation sites is 1. The first-order valence-electron chi connectivity index (χ1n) is 9.38. The lowest BCUT2D eigenvalue weighted by molar-refractivity contribution is -0.120. The minimum Gasteiger partial charge on any atom is -0.311 e. The van der Waals surface area contributed by atoms with Crippen LogP contribution in [0.1, 0.15) is 33.8 Å². The summed E-state index contributed by atoms with van der Waals surface area (Å²) in [7, 11) is 0. The Morgan fingerprint density at radius 1 is 1.15 bits per heavy atom. The summed E-state index contributed by atoms with van der Waals surface area (Å²) < 4.78 is 0. The number of carbonyl (C=O) groups excluding carboxylic acids is 1. The third-order valence-electron chi connectivity index (χ3n) is 5.24.